The van der Waals surface area contributed by atoms with Crippen molar-refractivity contribution in [2.24, 2.45) is 0 Å². The highest BCUT2D eigenvalue weighted by atomic mass is 79.9. The van der Waals surface area contributed by atoms with E-state index in [0.717, 1.165) is 17.5 Å². The molecule has 0 fully saturated rings. The van der Waals surface area contributed by atoms with Gasteiger partial charge in [-0.2, -0.15) is 0 Å². The molecule has 0 aromatic heterocycles. The molecule has 0 aliphatic rings. The van der Waals surface area contributed by atoms with E-state index < -0.39 is 5.41 Å². The van der Waals surface area contributed by atoms with E-state index in [1.165, 1.54) is 4.90 Å². The van der Waals surface area contributed by atoms with Crippen molar-refractivity contribution in [1.29, 1.82) is 0 Å². The summed E-state index contributed by atoms with van der Waals surface area (Å²) in [4.78, 5) is 14.2. The lowest BCUT2D eigenvalue weighted by Gasteiger charge is -2.35. The van der Waals surface area contributed by atoms with Crippen LogP contribution in [0.25, 0.3) is 0 Å². The fourth-order valence-electron chi connectivity index (χ4n) is 3.06. The summed E-state index contributed by atoms with van der Waals surface area (Å²) >= 11 is 0. The summed E-state index contributed by atoms with van der Waals surface area (Å²) in [6.45, 7) is 3.93. The molecule has 1 N–H and O–H groups in total. The Kier molecular flexibility index (Phi) is 7.17. The molecule has 2 nitrogen and oxygen atoms in total. The van der Waals surface area contributed by atoms with E-state index in [0.29, 0.717) is 6.04 Å². The first-order valence-electron chi connectivity index (χ1n) is 7.90. The molecule has 0 bridgehead atoms. The minimum Gasteiger partial charge on any atom is -1.00 e. The second-order valence-electron chi connectivity index (χ2n) is 6.38. The zero-order valence-electron chi connectivity index (χ0n) is 14.3. The minimum absolute atomic E-state index is 0. The number of hydrogen-bond donors (Lipinski definition) is 1. The Hall–Kier alpha value is -1.45. The van der Waals surface area contributed by atoms with Gasteiger partial charge in [0.1, 0.15) is 5.78 Å². The average Bonchev–Trinajstić information content (AvgIpc) is 2.53. The van der Waals surface area contributed by atoms with Gasteiger partial charge >= 0.3 is 0 Å². The molecule has 0 spiro atoms. The fraction of sp³-hybridized carbons (Fsp3) is 0.350. The number of benzene rings is 2. The molecule has 0 heterocycles. The third-order valence-electron chi connectivity index (χ3n) is 4.73. The van der Waals surface area contributed by atoms with Gasteiger partial charge in [0.2, 0.25) is 0 Å². The molecular formula is C20H26BrNO. The van der Waals surface area contributed by atoms with Crippen LogP contribution in [-0.2, 0) is 10.2 Å². The Morgan fingerprint density at radius 1 is 0.957 bits per heavy atom. The maximum absolute atomic E-state index is 12.8. The van der Waals surface area contributed by atoms with E-state index in [-0.39, 0.29) is 22.8 Å². The number of rotatable bonds is 6. The summed E-state index contributed by atoms with van der Waals surface area (Å²) in [5, 5.41) is 0. The highest BCUT2D eigenvalue weighted by molar-refractivity contribution is 5.92. The molecule has 0 saturated carbocycles. The van der Waals surface area contributed by atoms with E-state index in [1.54, 1.807) is 6.92 Å². The van der Waals surface area contributed by atoms with E-state index in [9.17, 15) is 4.79 Å². The van der Waals surface area contributed by atoms with Crippen molar-refractivity contribution in [2.45, 2.75) is 31.7 Å². The number of nitrogens with one attached hydrogen (secondary N) is 1. The van der Waals surface area contributed by atoms with Crippen molar-refractivity contribution >= 4 is 5.78 Å². The van der Waals surface area contributed by atoms with Gasteiger partial charge in [-0.15, -0.1) is 0 Å². The molecule has 0 aliphatic heterocycles. The van der Waals surface area contributed by atoms with Gasteiger partial charge in [-0.05, 0) is 25.0 Å². The molecule has 0 radical (unpaired) electrons. The van der Waals surface area contributed by atoms with Crippen LogP contribution in [0.15, 0.2) is 60.7 Å². The van der Waals surface area contributed by atoms with Gasteiger partial charge in [-0.1, -0.05) is 60.7 Å². The summed E-state index contributed by atoms with van der Waals surface area (Å²) in [5.74, 6) is 0.206. The maximum atomic E-state index is 12.8. The van der Waals surface area contributed by atoms with Crippen LogP contribution in [0, 0.1) is 0 Å². The molecule has 0 aliphatic carbocycles. The number of quaternary nitrogens is 1. The second kappa shape index (κ2) is 8.42. The van der Waals surface area contributed by atoms with Crippen molar-refractivity contribution in [3.8, 4) is 0 Å². The van der Waals surface area contributed by atoms with E-state index in [2.05, 4.69) is 45.3 Å². The summed E-state index contributed by atoms with van der Waals surface area (Å²) in [6.07, 6.45) is 0.804. The van der Waals surface area contributed by atoms with Gasteiger partial charge in [0.05, 0.1) is 25.6 Å². The monoisotopic (exact) mass is 375 g/mol. The quantitative estimate of drug-likeness (QED) is 0.721. The zero-order valence-corrected chi connectivity index (χ0v) is 15.9. The van der Waals surface area contributed by atoms with Gasteiger partial charge in [0.15, 0.2) is 0 Å². The molecular weight excluding hydrogens is 350 g/mol. The van der Waals surface area contributed by atoms with Gasteiger partial charge in [0, 0.05) is 6.42 Å². The Bertz CT molecular complexity index is 571. The predicted molar refractivity (Wildman–Crippen MR) is 91.2 cm³/mol. The van der Waals surface area contributed by atoms with Crippen LogP contribution < -0.4 is 21.9 Å². The SMILES string of the molecule is CC(=O)C(CC(C)[NH+](C)C)(c1ccccc1)c1ccccc1.[Br-]. The standard InChI is InChI=1S/C20H25NO.BrH/c1-16(21(3)4)15-20(17(2)22,18-11-7-5-8-12-18)19-13-9-6-10-14-19;/h5-14,16H,15H2,1-4H3;1H. The molecule has 3 heteroatoms. The van der Waals surface area contributed by atoms with Crippen LogP contribution in [0.4, 0.5) is 0 Å². The summed E-state index contributed by atoms with van der Waals surface area (Å²) in [6, 6.07) is 20.7. The molecule has 23 heavy (non-hydrogen) atoms. The topological polar surface area (TPSA) is 21.5 Å². The Labute approximate surface area is 150 Å². The number of Topliss-reactive ketones (excluding diaryl/α,β-unsaturated/α-hetero) is 1. The molecule has 2 rings (SSSR count). The molecule has 0 saturated heterocycles. The number of ketones is 1. The first-order chi connectivity index (χ1) is 10.5. The largest absolute Gasteiger partial charge is 1.00 e. The molecule has 124 valence electrons. The lowest BCUT2D eigenvalue weighted by Crippen LogP contribution is -3.09. The number of carbonyl (C=O) groups excluding carboxylic acids is 1. The number of halogens is 1. The zero-order chi connectivity index (χ0) is 16.2. The van der Waals surface area contributed by atoms with Crippen molar-refractivity contribution in [3.63, 3.8) is 0 Å². The van der Waals surface area contributed by atoms with E-state index >= 15 is 0 Å². The number of carbonyl (C=O) groups is 1. The van der Waals surface area contributed by atoms with Crippen LogP contribution >= 0.6 is 0 Å². The fourth-order valence-corrected chi connectivity index (χ4v) is 3.06. The summed E-state index contributed by atoms with van der Waals surface area (Å²) in [7, 11) is 4.29. The van der Waals surface area contributed by atoms with Crippen LogP contribution in [-0.4, -0.2) is 25.9 Å². The highest BCUT2D eigenvalue weighted by Crippen LogP contribution is 2.37. The molecule has 1 atom stereocenters. The molecule has 2 aromatic carbocycles. The maximum Gasteiger partial charge on any atom is 0.144 e. The van der Waals surface area contributed by atoms with Crippen LogP contribution in [0.3, 0.4) is 0 Å². The van der Waals surface area contributed by atoms with Gasteiger partial charge < -0.3 is 21.9 Å². The Morgan fingerprint density at radius 3 is 1.65 bits per heavy atom. The van der Waals surface area contributed by atoms with Gasteiger partial charge in [-0.3, -0.25) is 4.79 Å². The average molecular weight is 376 g/mol. The van der Waals surface area contributed by atoms with Gasteiger partial charge in [0.25, 0.3) is 0 Å². The van der Waals surface area contributed by atoms with Crippen LogP contribution in [0.2, 0.25) is 0 Å². The number of hydrogen-bond acceptors (Lipinski definition) is 1. The molecule has 1 unspecified atom stereocenters. The third-order valence-corrected chi connectivity index (χ3v) is 4.73. The predicted octanol–water partition coefficient (Wildman–Crippen LogP) is -0.511. The van der Waals surface area contributed by atoms with Crippen molar-refractivity contribution in [1.82, 2.24) is 0 Å². The Morgan fingerprint density at radius 2 is 1.35 bits per heavy atom. The second-order valence-corrected chi connectivity index (χ2v) is 6.38. The first-order valence-corrected chi connectivity index (χ1v) is 7.90. The van der Waals surface area contributed by atoms with Crippen molar-refractivity contribution in [3.05, 3.63) is 71.8 Å². The normalized spacial score (nSPS) is 12.6. The summed E-state index contributed by atoms with van der Waals surface area (Å²) in [5.41, 5.74) is 1.60. The van der Waals surface area contributed by atoms with Crippen LogP contribution in [0.5, 0.6) is 0 Å². The summed E-state index contributed by atoms with van der Waals surface area (Å²) < 4.78 is 0. The van der Waals surface area contributed by atoms with E-state index in [1.807, 2.05) is 36.4 Å². The van der Waals surface area contributed by atoms with E-state index in [4.69, 9.17) is 0 Å². The Balaban J connectivity index is 0.00000264. The molecule has 0 amide bonds. The highest BCUT2D eigenvalue weighted by Gasteiger charge is 2.41. The molecule has 2 aromatic rings. The van der Waals surface area contributed by atoms with Crippen molar-refractivity contribution in [2.75, 3.05) is 14.1 Å². The lowest BCUT2D eigenvalue weighted by atomic mass is 9.68. The van der Waals surface area contributed by atoms with Crippen LogP contribution in [0.1, 0.15) is 31.4 Å². The van der Waals surface area contributed by atoms with Crippen molar-refractivity contribution < 1.29 is 26.7 Å². The van der Waals surface area contributed by atoms with Gasteiger partial charge in [-0.25, -0.2) is 0 Å². The smallest absolute Gasteiger partial charge is 0.144 e. The minimum atomic E-state index is -0.570. The third kappa shape index (κ3) is 4.10. The first kappa shape index (κ1) is 19.6. The lowest BCUT2D eigenvalue weighted by molar-refractivity contribution is -0.884.